The lowest BCUT2D eigenvalue weighted by molar-refractivity contribution is -0.137. The third-order valence-corrected chi connectivity index (χ3v) is 0.628. The van der Waals surface area contributed by atoms with Gasteiger partial charge in [0.05, 0.1) is 11.1 Å². The van der Waals surface area contributed by atoms with Gasteiger partial charge in [0.15, 0.2) is 0 Å². The summed E-state index contributed by atoms with van der Waals surface area (Å²) in [4.78, 5) is 19.3. The molecule has 6 heteroatoms. The van der Waals surface area contributed by atoms with E-state index < -0.39 is 5.97 Å². The number of aliphatic carboxylic acids is 1. The van der Waals surface area contributed by atoms with Gasteiger partial charge in [-0.1, -0.05) is 42.9 Å². The van der Waals surface area contributed by atoms with Crippen molar-refractivity contribution in [3.8, 4) is 0 Å². The Morgan fingerprint density at radius 1 is 1.31 bits per heavy atom. The first-order chi connectivity index (χ1) is 7.31. The molecule has 0 saturated carbocycles. The standard InChI is InChI=1S/C5H8O2.C3H4O2.C2H2Cl2/c1-3-5(6)7-4-2;1-2-3(4)5;1-2(3)4/h3H,1,4H2,2H3;2H,1H2,(H,4,5);1H2. The van der Waals surface area contributed by atoms with Crippen LogP contribution in [0, 0.1) is 0 Å². The fourth-order valence-corrected chi connectivity index (χ4v) is 0.201. The van der Waals surface area contributed by atoms with Gasteiger partial charge in [-0.3, -0.25) is 0 Å². The average Bonchev–Trinajstić information content (AvgIpc) is 2.18. The van der Waals surface area contributed by atoms with Crippen LogP contribution in [0.3, 0.4) is 0 Å². The van der Waals surface area contributed by atoms with E-state index in [2.05, 4.69) is 24.5 Å². The lowest BCUT2D eigenvalue weighted by atomic mass is 10.6. The SMILES string of the molecule is C=C(Cl)Cl.C=CC(=O)O.C=CC(=O)OCC. The number of ether oxygens (including phenoxy) is 1. The quantitative estimate of drug-likeness (QED) is 0.632. The van der Waals surface area contributed by atoms with E-state index in [9.17, 15) is 9.59 Å². The first-order valence-corrected chi connectivity index (χ1v) is 4.71. The molecular formula is C10H14Cl2O4. The van der Waals surface area contributed by atoms with Crippen LogP contribution in [-0.2, 0) is 14.3 Å². The molecule has 16 heavy (non-hydrogen) atoms. The molecule has 4 nitrogen and oxygen atoms in total. The van der Waals surface area contributed by atoms with E-state index in [0.717, 1.165) is 12.2 Å². The third-order valence-electron chi connectivity index (χ3n) is 0.628. The van der Waals surface area contributed by atoms with Crippen LogP contribution >= 0.6 is 23.2 Å². The number of esters is 1. The van der Waals surface area contributed by atoms with E-state index in [1.54, 1.807) is 6.92 Å². The molecule has 0 atom stereocenters. The first-order valence-electron chi connectivity index (χ1n) is 3.96. The Hall–Kier alpha value is -1.26. The summed E-state index contributed by atoms with van der Waals surface area (Å²) < 4.78 is 4.55. The molecule has 0 aliphatic heterocycles. The second-order valence-electron chi connectivity index (χ2n) is 1.84. The number of carbonyl (C=O) groups is 2. The van der Waals surface area contributed by atoms with Crippen LogP contribution in [-0.4, -0.2) is 23.7 Å². The normalized spacial score (nSPS) is 6.94. The van der Waals surface area contributed by atoms with Crippen LogP contribution in [0.25, 0.3) is 0 Å². The number of carbonyl (C=O) groups excluding carboxylic acids is 1. The van der Waals surface area contributed by atoms with Crippen molar-refractivity contribution in [2.75, 3.05) is 6.61 Å². The molecule has 0 fully saturated rings. The summed E-state index contributed by atoms with van der Waals surface area (Å²) in [6, 6.07) is 0. The first kappa shape index (κ1) is 20.2. The largest absolute Gasteiger partial charge is 0.478 e. The van der Waals surface area contributed by atoms with E-state index in [1.165, 1.54) is 0 Å². The monoisotopic (exact) mass is 268 g/mol. The Bertz CT molecular complexity index is 245. The number of rotatable bonds is 3. The van der Waals surface area contributed by atoms with Crippen LogP contribution in [0.15, 0.2) is 36.4 Å². The minimum Gasteiger partial charge on any atom is -0.478 e. The second-order valence-corrected chi connectivity index (χ2v) is 2.94. The highest BCUT2D eigenvalue weighted by Crippen LogP contribution is 1.98. The zero-order chi connectivity index (χ0) is 13.6. The topological polar surface area (TPSA) is 63.6 Å². The Morgan fingerprint density at radius 3 is 1.69 bits per heavy atom. The Morgan fingerprint density at radius 2 is 1.62 bits per heavy atom. The molecule has 1 N–H and O–H groups in total. The van der Waals surface area contributed by atoms with Crippen molar-refractivity contribution in [1.82, 2.24) is 0 Å². The fourth-order valence-electron chi connectivity index (χ4n) is 0.201. The summed E-state index contributed by atoms with van der Waals surface area (Å²) >= 11 is 9.69. The summed E-state index contributed by atoms with van der Waals surface area (Å²) in [7, 11) is 0. The minimum atomic E-state index is -0.981. The summed E-state index contributed by atoms with van der Waals surface area (Å²) in [6.07, 6.45) is 1.98. The number of hydrogen-bond acceptors (Lipinski definition) is 3. The van der Waals surface area contributed by atoms with Crippen LogP contribution in [0.4, 0.5) is 0 Å². The van der Waals surface area contributed by atoms with Crippen molar-refractivity contribution in [3.05, 3.63) is 36.4 Å². The van der Waals surface area contributed by atoms with Gasteiger partial charge in [-0.2, -0.15) is 0 Å². The molecule has 0 saturated heterocycles. The number of hydrogen-bond donors (Lipinski definition) is 1. The minimum absolute atomic E-state index is 0.111. The van der Waals surface area contributed by atoms with Crippen molar-refractivity contribution in [2.45, 2.75) is 6.92 Å². The third kappa shape index (κ3) is 53.3. The van der Waals surface area contributed by atoms with Crippen LogP contribution in [0.5, 0.6) is 0 Å². The highest BCUT2D eigenvalue weighted by molar-refractivity contribution is 6.55. The van der Waals surface area contributed by atoms with Crippen LogP contribution in [0.2, 0.25) is 0 Å². The van der Waals surface area contributed by atoms with Gasteiger partial charge in [-0.15, -0.1) is 0 Å². The molecule has 0 amide bonds. The molecule has 0 aromatic carbocycles. The molecule has 0 spiro atoms. The zero-order valence-corrected chi connectivity index (χ0v) is 10.4. The summed E-state index contributed by atoms with van der Waals surface area (Å²) in [5.41, 5.74) is 0. The lowest BCUT2D eigenvalue weighted by Gasteiger charge is -1.90. The molecule has 0 rings (SSSR count). The van der Waals surface area contributed by atoms with Gasteiger partial charge in [0, 0.05) is 12.2 Å². The van der Waals surface area contributed by atoms with Crippen molar-refractivity contribution in [2.24, 2.45) is 0 Å². The van der Waals surface area contributed by atoms with Crippen molar-refractivity contribution in [1.29, 1.82) is 0 Å². The van der Waals surface area contributed by atoms with Crippen LogP contribution in [0.1, 0.15) is 6.92 Å². The number of carboxylic acid groups (broad SMARTS) is 1. The highest BCUT2D eigenvalue weighted by Gasteiger charge is 1.86. The molecule has 0 aromatic heterocycles. The van der Waals surface area contributed by atoms with Gasteiger partial charge < -0.3 is 9.84 Å². The predicted octanol–water partition coefficient (Wildman–Crippen LogP) is 2.93. The fraction of sp³-hybridized carbons (Fsp3) is 0.200. The van der Waals surface area contributed by atoms with Gasteiger partial charge in [-0.05, 0) is 6.92 Å². The van der Waals surface area contributed by atoms with E-state index in [1.807, 2.05) is 0 Å². The smallest absolute Gasteiger partial charge is 0.330 e. The van der Waals surface area contributed by atoms with Crippen molar-refractivity contribution >= 4 is 35.1 Å². The molecule has 0 radical (unpaired) electrons. The van der Waals surface area contributed by atoms with Gasteiger partial charge >= 0.3 is 11.9 Å². The molecule has 0 aromatic rings. The molecule has 0 aliphatic rings. The highest BCUT2D eigenvalue weighted by atomic mass is 35.5. The van der Waals surface area contributed by atoms with Crippen LogP contribution < -0.4 is 0 Å². The number of halogens is 2. The molecule has 0 heterocycles. The molecule has 0 bridgehead atoms. The summed E-state index contributed by atoms with van der Waals surface area (Å²) in [5.74, 6) is -1.34. The maximum absolute atomic E-state index is 10.1. The summed E-state index contributed by atoms with van der Waals surface area (Å²) in [6.45, 7) is 11.4. The van der Waals surface area contributed by atoms with Gasteiger partial charge in [-0.25, -0.2) is 9.59 Å². The van der Waals surface area contributed by atoms with E-state index in [-0.39, 0.29) is 10.5 Å². The van der Waals surface area contributed by atoms with Gasteiger partial charge in [0.2, 0.25) is 0 Å². The van der Waals surface area contributed by atoms with Crippen molar-refractivity contribution < 1.29 is 19.4 Å². The van der Waals surface area contributed by atoms with E-state index >= 15 is 0 Å². The maximum atomic E-state index is 10.1. The molecule has 0 unspecified atom stereocenters. The predicted molar refractivity (Wildman–Crippen MR) is 65.5 cm³/mol. The lowest BCUT2D eigenvalue weighted by Crippen LogP contribution is -1.97. The van der Waals surface area contributed by atoms with E-state index in [4.69, 9.17) is 28.3 Å². The average molecular weight is 269 g/mol. The number of carboxylic acids is 1. The molecular weight excluding hydrogens is 255 g/mol. The Labute approximate surface area is 105 Å². The second kappa shape index (κ2) is 16.2. The van der Waals surface area contributed by atoms with Gasteiger partial charge in [0.1, 0.15) is 0 Å². The van der Waals surface area contributed by atoms with Crippen molar-refractivity contribution in [3.63, 3.8) is 0 Å². The molecule has 92 valence electrons. The van der Waals surface area contributed by atoms with E-state index in [0.29, 0.717) is 6.61 Å². The Kier molecular flexibility index (Phi) is 20.4. The zero-order valence-electron chi connectivity index (χ0n) is 8.91. The van der Waals surface area contributed by atoms with Gasteiger partial charge in [0.25, 0.3) is 0 Å². The summed E-state index contributed by atoms with van der Waals surface area (Å²) in [5, 5.41) is 7.60. The molecule has 0 aliphatic carbocycles. The Balaban J connectivity index is -0.000000166. The maximum Gasteiger partial charge on any atom is 0.330 e.